The average molecular weight is 520 g/mol. The van der Waals surface area contributed by atoms with Gasteiger partial charge in [-0.15, -0.1) is 0 Å². The third kappa shape index (κ3) is 4.94. The van der Waals surface area contributed by atoms with E-state index < -0.39 is 5.91 Å². The molecule has 0 unspecified atom stereocenters. The maximum Gasteiger partial charge on any atom is 0.290 e. The normalized spacial score (nSPS) is 11.8. The molecule has 0 bridgehead atoms. The van der Waals surface area contributed by atoms with Gasteiger partial charge in [-0.25, -0.2) is 10.1 Å². The van der Waals surface area contributed by atoms with Gasteiger partial charge in [0.05, 0.1) is 22.1 Å². The number of para-hydroxylation sites is 1. The van der Waals surface area contributed by atoms with Gasteiger partial charge in [0.25, 0.3) is 5.91 Å². The van der Waals surface area contributed by atoms with Crippen LogP contribution in [0.25, 0.3) is 5.69 Å². The lowest BCUT2D eigenvalue weighted by molar-refractivity contribution is 0.0947. The van der Waals surface area contributed by atoms with E-state index in [-0.39, 0.29) is 11.2 Å². The number of carbonyl (C=O) groups excluding carboxylic acids is 1. The average Bonchev–Trinajstić information content (AvgIpc) is 3.12. The van der Waals surface area contributed by atoms with E-state index in [1.807, 2.05) is 51.1 Å². The number of hydrogen-bond donors (Lipinski definition) is 2. The molecule has 0 radical (unpaired) electrons. The molecule has 0 aliphatic heterocycles. The summed E-state index contributed by atoms with van der Waals surface area (Å²) in [6, 6.07) is 14.6. The summed E-state index contributed by atoms with van der Waals surface area (Å²) in [5.74, 6) is -0.364. The summed E-state index contributed by atoms with van der Waals surface area (Å²) in [5.41, 5.74) is 4.71. The number of phenolic OH excluding ortho intramolecular Hbond substituents is 1. The van der Waals surface area contributed by atoms with Crippen LogP contribution in [0, 0.1) is 0 Å². The molecule has 1 amide bonds. The quantitative estimate of drug-likeness (QED) is 0.369. The second-order valence-corrected chi connectivity index (χ2v) is 9.21. The first-order valence-electron chi connectivity index (χ1n) is 8.84. The molecule has 3 aromatic rings. The van der Waals surface area contributed by atoms with Gasteiger partial charge in [0.1, 0.15) is 11.4 Å². The standard InChI is InChI=1S/C21H20Br2N4O2/c1-21(2,3)18-11-17(27(26-18)15-7-5-4-6-8-15)20(29)25-24-12-13-9-14(22)10-16(23)19(13)28/h4-12,28H,1-3H3,(H,25,29)/b24-12+. The highest BCUT2D eigenvalue weighted by molar-refractivity contribution is 9.11. The zero-order valence-electron chi connectivity index (χ0n) is 16.1. The smallest absolute Gasteiger partial charge is 0.290 e. The Morgan fingerprint density at radius 3 is 2.52 bits per heavy atom. The number of halogens is 2. The van der Waals surface area contributed by atoms with Crippen LogP contribution in [0.2, 0.25) is 0 Å². The predicted octanol–water partition coefficient (Wildman–Crippen LogP) is 5.16. The van der Waals surface area contributed by atoms with Crippen molar-refractivity contribution in [2.45, 2.75) is 26.2 Å². The second kappa shape index (κ2) is 8.51. The first-order chi connectivity index (χ1) is 13.7. The van der Waals surface area contributed by atoms with Crippen molar-refractivity contribution in [3.8, 4) is 11.4 Å². The minimum Gasteiger partial charge on any atom is -0.506 e. The molecular formula is C21H20Br2N4O2. The number of phenols is 1. The molecule has 3 rings (SSSR count). The Labute approximate surface area is 185 Å². The predicted molar refractivity (Wildman–Crippen MR) is 121 cm³/mol. The Morgan fingerprint density at radius 1 is 1.17 bits per heavy atom. The number of benzene rings is 2. The molecule has 6 nitrogen and oxygen atoms in total. The number of amides is 1. The van der Waals surface area contributed by atoms with Gasteiger partial charge < -0.3 is 5.11 Å². The van der Waals surface area contributed by atoms with E-state index >= 15 is 0 Å². The Kier molecular flexibility index (Phi) is 6.24. The van der Waals surface area contributed by atoms with Crippen molar-refractivity contribution in [2.24, 2.45) is 5.10 Å². The van der Waals surface area contributed by atoms with E-state index in [1.54, 1.807) is 22.9 Å². The van der Waals surface area contributed by atoms with Gasteiger partial charge in [-0.05, 0) is 46.3 Å². The van der Waals surface area contributed by atoms with Crippen LogP contribution in [-0.2, 0) is 5.41 Å². The molecule has 1 heterocycles. The molecule has 1 aromatic heterocycles. The number of nitrogens with one attached hydrogen (secondary N) is 1. The maximum absolute atomic E-state index is 12.8. The second-order valence-electron chi connectivity index (χ2n) is 7.44. The van der Waals surface area contributed by atoms with Crippen LogP contribution in [0.3, 0.4) is 0 Å². The molecule has 0 aliphatic carbocycles. The van der Waals surface area contributed by atoms with Crippen LogP contribution >= 0.6 is 31.9 Å². The fourth-order valence-electron chi connectivity index (χ4n) is 2.58. The highest BCUT2D eigenvalue weighted by Gasteiger charge is 2.23. The Bertz CT molecular complexity index is 1070. The molecule has 2 N–H and O–H groups in total. The van der Waals surface area contributed by atoms with Gasteiger partial charge in [0.2, 0.25) is 0 Å². The number of aromatic nitrogens is 2. The summed E-state index contributed by atoms with van der Waals surface area (Å²) < 4.78 is 2.90. The summed E-state index contributed by atoms with van der Waals surface area (Å²) in [7, 11) is 0. The van der Waals surface area contributed by atoms with Crippen molar-refractivity contribution in [1.82, 2.24) is 15.2 Å². The fourth-order valence-corrected chi connectivity index (χ4v) is 3.84. The summed E-state index contributed by atoms with van der Waals surface area (Å²) in [5, 5.41) is 18.7. The van der Waals surface area contributed by atoms with Crippen LogP contribution in [0.15, 0.2) is 62.6 Å². The van der Waals surface area contributed by atoms with Crippen molar-refractivity contribution >= 4 is 44.0 Å². The molecule has 0 spiro atoms. The zero-order chi connectivity index (χ0) is 21.2. The highest BCUT2D eigenvalue weighted by atomic mass is 79.9. The maximum atomic E-state index is 12.8. The topological polar surface area (TPSA) is 79.5 Å². The van der Waals surface area contributed by atoms with E-state index in [1.165, 1.54) is 6.21 Å². The third-order valence-electron chi connectivity index (χ3n) is 4.14. The molecule has 0 atom stereocenters. The van der Waals surface area contributed by atoms with Crippen LogP contribution in [0.5, 0.6) is 5.75 Å². The largest absolute Gasteiger partial charge is 0.506 e. The summed E-state index contributed by atoms with van der Waals surface area (Å²) in [4.78, 5) is 12.8. The Balaban J connectivity index is 1.90. The monoisotopic (exact) mass is 518 g/mol. The van der Waals surface area contributed by atoms with Crippen molar-refractivity contribution in [3.05, 3.63) is 74.4 Å². The molecule has 0 saturated carbocycles. The SMILES string of the molecule is CC(C)(C)c1cc(C(=O)N/N=C/c2cc(Br)cc(Br)c2O)n(-c2ccccc2)n1. The molecule has 8 heteroatoms. The van der Waals surface area contributed by atoms with Crippen LogP contribution in [0.1, 0.15) is 42.5 Å². The summed E-state index contributed by atoms with van der Waals surface area (Å²) in [6.45, 7) is 6.12. The first-order valence-corrected chi connectivity index (χ1v) is 10.4. The molecular weight excluding hydrogens is 500 g/mol. The Hall–Kier alpha value is -2.45. The van der Waals surface area contributed by atoms with E-state index in [0.29, 0.717) is 15.7 Å². The van der Waals surface area contributed by atoms with Crippen molar-refractivity contribution in [2.75, 3.05) is 0 Å². The molecule has 29 heavy (non-hydrogen) atoms. The molecule has 2 aromatic carbocycles. The lowest BCUT2D eigenvalue weighted by Gasteiger charge is -2.14. The minimum atomic E-state index is -0.401. The van der Waals surface area contributed by atoms with E-state index in [4.69, 9.17) is 0 Å². The lowest BCUT2D eigenvalue weighted by Crippen LogP contribution is -2.21. The molecule has 0 aliphatic rings. The summed E-state index contributed by atoms with van der Waals surface area (Å²) >= 11 is 6.63. The fraction of sp³-hybridized carbons (Fsp3) is 0.190. The van der Waals surface area contributed by atoms with Gasteiger partial charge in [-0.3, -0.25) is 4.79 Å². The van der Waals surface area contributed by atoms with E-state index in [9.17, 15) is 9.90 Å². The number of hydrogen-bond acceptors (Lipinski definition) is 4. The molecule has 0 fully saturated rings. The lowest BCUT2D eigenvalue weighted by atomic mass is 9.92. The van der Waals surface area contributed by atoms with Gasteiger partial charge in [-0.1, -0.05) is 54.9 Å². The minimum absolute atomic E-state index is 0.0375. The molecule has 150 valence electrons. The van der Waals surface area contributed by atoms with Gasteiger partial charge >= 0.3 is 0 Å². The third-order valence-corrected chi connectivity index (χ3v) is 5.20. The van der Waals surface area contributed by atoms with Gasteiger partial charge in [0.15, 0.2) is 0 Å². The number of aromatic hydroxyl groups is 1. The Morgan fingerprint density at radius 2 is 1.86 bits per heavy atom. The van der Waals surface area contributed by atoms with E-state index in [2.05, 4.69) is 47.5 Å². The number of nitrogens with zero attached hydrogens (tertiary/aromatic N) is 3. The van der Waals surface area contributed by atoms with E-state index in [0.717, 1.165) is 15.9 Å². The van der Waals surface area contributed by atoms with Crippen LogP contribution in [-0.4, -0.2) is 27.0 Å². The highest BCUT2D eigenvalue weighted by Crippen LogP contribution is 2.30. The first kappa shape index (κ1) is 21.3. The number of carbonyl (C=O) groups is 1. The number of hydrazone groups is 1. The van der Waals surface area contributed by atoms with Gasteiger partial charge in [0, 0.05) is 15.5 Å². The van der Waals surface area contributed by atoms with Crippen LogP contribution < -0.4 is 5.43 Å². The van der Waals surface area contributed by atoms with Crippen molar-refractivity contribution in [3.63, 3.8) is 0 Å². The number of rotatable bonds is 4. The van der Waals surface area contributed by atoms with Gasteiger partial charge in [-0.2, -0.15) is 10.2 Å². The zero-order valence-corrected chi connectivity index (χ0v) is 19.3. The summed E-state index contributed by atoms with van der Waals surface area (Å²) in [6.07, 6.45) is 1.39. The van der Waals surface area contributed by atoms with Crippen molar-refractivity contribution < 1.29 is 9.90 Å². The van der Waals surface area contributed by atoms with Crippen molar-refractivity contribution in [1.29, 1.82) is 0 Å². The molecule has 0 saturated heterocycles. The van der Waals surface area contributed by atoms with Crippen LogP contribution in [0.4, 0.5) is 0 Å².